The summed E-state index contributed by atoms with van der Waals surface area (Å²) in [4.78, 5) is 21.7. The Morgan fingerprint density at radius 2 is 2.00 bits per heavy atom. The van der Waals surface area contributed by atoms with E-state index < -0.39 is 11.0 Å². The predicted octanol–water partition coefficient (Wildman–Crippen LogP) is 2.79. The number of aryl methyl sites for hydroxylation is 2. The number of nitrogens with zero attached hydrogens (tertiary/aromatic N) is 1. The normalized spacial score (nSPS) is 10.1. The molecule has 2 aromatic rings. The summed E-state index contributed by atoms with van der Waals surface area (Å²) < 4.78 is 5.77. The summed E-state index contributed by atoms with van der Waals surface area (Å²) in [5, 5.41) is 13.4. The third-order valence-electron chi connectivity index (χ3n) is 3.53. The monoisotopic (exact) mass is 330 g/mol. The Balaban J connectivity index is 2.20. The number of benzene rings is 2. The molecule has 8 nitrogen and oxygen atoms in total. The number of nitro benzene ring substituents is 1. The van der Waals surface area contributed by atoms with Gasteiger partial charge < -0.3 is 10.1 Å². The molecule has 24 heavy (non-hydrogen) atoms. The number of rotatable bonds is 5. The number of urea groups is 1. The predicted molar refractivity (Wildman–Crippen MR) is 89.7 cm³/mol. The number of carbonyl (C=O) groups excluding carboxylic acids is 1. The summed E-state index contributed by atoms with van der Waals surface area (Å²) in [5.41, 5.74) is 4.98. The van der Waals surface area contributed by atoms with Gasteiger partial charge >= 0.3 is 6.03 Å². The Morgan fingerprint density at radius 1 is 1.25 bits per heavy atom. The Hall–Kier alpha value is -3.13. The van der Waals surface area contributed by atoms with Crippen LogP contribution >= 0.6 is 0 Å². The van der Waals surface area contributed by atoms with Gasteiger partial charge in [0.25, 0.3) is 5.69 Å². The molecule has 2 aromatic carbocycles. The second kappa shape index (κ2) is 7.42. The Labute approximate surface area is 138 Å². The molecule has 0 saturated heterocycles. The van der Waals surface area contributed by atoms with Gasteiger partial charge in [-0.25, -0.2) is 10.6 Å². The van der Waals surface area contributed by atoms with Gasteiger partial charge in [0.15, 0.2) is 0 Å². The number of nitrogens with one attached hydrogen (secondary N) is 2. The molecule has 0 fully saturated rings. The molecule has 0 aliphatic heterocycles. The van der Waals surface area contributed by atoms with E-state index in [2.05, 4.69) is 5.32 Å². The number of hydrogen-bond acceptors (Lipinski definition) is 5. The molecule has 8 heteroatoms. The number of non-ortho nitro benzene ring substituents is 1. The minimum atomic E-state index is -0.534. The number of nitro groups is 1. The van der Waals surface area contributed by atoms with Crippen LogP contribution in [-0.4, -0.2) is 11.0 Å². The smallest absolute Gasteiger partial charge is 0.333 e. The molecule has 0 aliphatic rings. The van der Waals surface area contributed by atoms with Crippen molar-refractivity contribution < 1.29 is 14.5 Å². The van der Waals surface area contributed by atoms with Crippen LogP contribution in [0.25, 0.3) is 0 Å². The zero-order valence-electron chi connectivity index (χ0n) is 13.3. The summed E-state index contributed by atoms with van der Waals surface area (Å²) in [6, 6.07) is 9.31. The number of amides is 2. The van der Waals surface area contributed by atoms with Crippen molar-refractivity contribution in [1.29, 1.82) is 0 Å². The molecule has 0 heterocycles. The van der Waals surface area contributed by atoms with Crippen molar-refractivity contribution in [1.82, 2.24) is 5.43 Å². The first-order valence-electron chi connectivity index (χ1n) is 7.16. The van der Waals surface area contributed by atoms with Gasteiger partial charge in [0.05, 0.1) is 4.92 Å². The van der Waals surface area contributed by atoms with Crippen molar-refractivity contribution >= 4 is 17.4 Å². The number of anilines is 1. The van der Waals surface area contributed by atoms with Crippen LogP contribution in [0, 0.1) is 24.0 Å². The van der Waals surface area contributed by atoms with E-state index in [0.29, 0.717) is 17.0 Å². The van der Waals surface area contributed by atoms with Crippen LogP contribution in [-0.2, 0) is 6.61 Å². The molecule has 2 rings (SSSR count). The first-order valence-corrected chi connectivity index (χ1v) is 7.16. The average Bonchev–Trinajstić information content (AvgIpc) is 2.55. The molecule has 0 aromatic heterocycles. The van der Waals surface area contributed by atoms with Crippen molar-refractivity contribution in [3.8, 4) is 5.75 Å². The molecule has 2 amide bonds. The highest BCUT2D eigenvalue weighted by molar-refractivity contribution is 5.89. The number of nitrogens with two attached hydrogens (primary N) is 1. The number of hydrogen-bond donors (Lipinski definition) is 3. The van der Waals surface area contributed by atoms with Crippen LogP contribution in [0.1, 0.15) is 16.7 Å². The van der Waals surface area contributed by atoms with Gasteiger partial charge in [0.2, 0.25) is 0 Å². The molecule has 0 saturated carbocycles. The molecule has 0 aliphatic carbocycles. The topological polar surface area (TPSA) is 120 Å². The minimum Gasteiger partial charge on any atom is -0.489 e. The van der Waals surface area contributed by atoms with Crippen molar-refractivity contribution in [2.75, 3.05) is 5.32 Å². The van der Waals surface area contributed by atoms with Gasteiger partial charge in [0, 0.05) is 23.4 Å². The van der Waals surface area contributed by atoms with Crippen LogP contribution in [0.3, 0.4) is 0 Å². The lowest BCUT2D eigenvalue weighted by atomic mass is 10.1. The highest BCUT2D eigenvalue weighted by Gasteiger charge is 2.12. The lowest BCUT2D eigenvalue weighted by Crippen LogP contribution is -2.34. The first kappa shape index (κ1) is 17.2. The number of ether oxygens (including phenoxy) is 1. The van der Waals surface area contributed by atoms with E-state index in [1.807, 2.05) is 24.5 Å². The van der Waals surface area contributed by atoms with Crippen LogP contribution in [0.15, 0.2) is 36.4 Å². The standard InChI is InChI=1S/C16H18N4O4/c1-10-4-3-5-14(18-16(21)19-17)13(10)9-24-15-7-6-12(20(22)23)8-11(15)2/h3-8H,9,17H2,1-2H3,(H2,18,19,21). The van der Waals surface area contributed by atoms with Crippen molar-refractivity contribution in [2.24, 2.45) is 5.84 Å². The lowest BCUT2D eigenvalue weighted by Gasteiger charge is -2.15. The summed E-state index contributed by atoms with van der Waals surface area (Å²) in [5.74, 6) is 5.62. The van der Waals surface area contributed by atoms with Crippen molar-refractivity contribution in [2.45, 2.75) is 20.5 Å². The maximum atomic E-state index is 11.4. The fourth-order valence-electron chi connectivity index (χ4n) is 2.23. The molecule has 0 radical (unpaired) electrons. The Bertz CT molecular complexity index is 777. The van der Waals surface area contributed by atoms with Gasteiger partial charge in [-0.15, -0.1) is 0 Å². The first-order chi connectivity index (χ1) is 11.4. The van der Waals surface area contributed by atoms with E-state index in [-0.39, 0.29) is 12.3 Å². The second-order valence-corrected chi connectivity index (χ2v) is 5.20. The van der Waals surface area contributed by atoms with E-state index in [1.54, 1.807) is 19.1 Å². The summed E-state index contributed by atoms with van der Waals surface area (Å²) in [7, 11) is 0. The third-order valence-corrected chi connectivity index (χ3v) is 3.53. The highest BCUT2D eigenvalue weighted by atomic mass is 16.6. The van der Waals surface area contributed by atoms with Gasteiger partial charge in [-0.05, 0) is 37.1 Å². The van der Waals surface area contributed by atoms with Crippen LogP contribution in [0.5, 0.6) is 5.75 Å². The van der Waals surface area contributed by atoms with Crippen LogP contribution in [0.2, 0.25) is 0 Å². The van der Waals surface area contributed by atoms with E-state index in [1.165, 1.54) is 12.1 Å². The highest BCUT2D eigenvalue weighted by Crippen LogP contribution is 2.26. The molecule has 0 unspecified atom stereocenters. The van der Waals surface area contributed by atoms with Gasteiger partial charge in [0.1, 0.15) is 12.4 Å². The molecule has 126 valence electrons. The van der Waals surface area contributed by atoms with E-state index in [9.17, 15) is 14.9 Å². The van der Waals surface area contributed by atoms with Gasteiger partial charge in [-0.2, -0.15) is 0 Å². The quantitative estimate of drug-likeness (QED) is 0.337. The van der Waals surface area contributed by atoms with Crippen molar-refractivity contribution in [3.05, 3.63) is 63.2 Å². The average molecular weight is 330 g/mol. The number of carbonyl (C=O) groups is 1. The largest absolute Gasteiger partial charge is 0.489 e. The molecule has 4 N–H and O–H groups in total. The van der Waals surface area contributed by atoms with Gasteiger partial charge in [-0.3, -0.25) is 15.5 Å². The third kappa shape index (κ3) is 3.99. The molecule has 0 spiro atoms. The van der Waals surface area contributed by atoms with E-state index in [0.717, 1.165) is 11.1 Å². The zero-order chi connectivity index (χ0) is 17.7. The van der Waals surface area contributed by atoms with E-state index >= 15 is 0 Å². The lowest BCUT2D eigenvalue weighted by molar-refractivity contribution is -0.384. The number of hydrazine groups is 1. The summed E-state index contributed by atoms with van der Waals surface area (Å²) in [6.45, 7) is 3.83. The van der Waals surface area contributed by atoms with Crippen LogP contribution in [0.4, 0.5) is 16.2 Å². The maximum absolute atomic E-state index is 11.4. The Morgan fingerprint density at radius 3 is 2.62 bits per heavy atom. The van der Waals surface area contributed by atoms with E-state index in [4.69, 9.17) is 10.6 Å². The zero-order valence-corrected chi connectivity index (χ0v) is 13.3. The summed E-state index contributed by atoms with van der Waals surface area (Å²) in [6.07, 6.45) is 0. The minimum absolute atomic E-state index is 0.0118. The fourth-order valence-corrected chi connectivity index (χ4v) is 2.23. The van der Waals surface area contributed by atoms with Gasteiger partial charge in [-0.1, -0.05) is 12.1 Å². The molecular formula is C16H18N4O4. The SMILES string of the molecule is Cc1cc([N+](=O)[O-])ccc1OCc1c(C)cccc1NC(=O)NN. The fraction of sp³-hybridized carbons (Fsp3) is 0.188. The molecule has 0 bridgehead atoms. The Kier molecular flexibility index (Phi) is 5.33. The van der Waals surface area contributed by atoms with Crippen LogP contribution < -0.4 is 21.3 Å². The summed E-state index contributed by atoms with van der Waals surface area (Å²) >= 11 is 0. The van der Waals surface area contributed by atoms with Crippen molar-refractivity contribution in [3.63, 3.8) is 0 Å². The maximum Gasteiger partial charge on any atom is 0.333 e. The molecule has 0 atom stereocenters. The molecular weight excluding hydrogens is 312 g/mol. The second-order valence-electron chi connectivity index (χ2n) is 5.20.